The Morgan fingerprint density at radius 1 is 0.903 bits per heavy atom. The predicted octanol–water partition coefficient (Wildman–Crippen LogP) is 5.42. The van der Waals surface area contributed by atoms with Gasteiger partial charge < -0.3 is 19.5 Å². The van der Waals surface area contributed by atoms with Crippen molar-refractivity contribution in [3.8, 4) is 17.2 Å². The molecule has 3 aromatic rings. The van der Waals surface area contributed by atoms with Crippen LogP contribution in [0, 0.1) is 0 Å². The third kappa shape index (κ3) is 4.13. The lowest BCUT2D eigenvalue weighted by Crippen LogP contribution is -2.22. The Balaban J connectivity index is 1.19. The molecule has 0 radical (unpaired) electrons. The zero-order valence-electron chi connectivity index (χ0n) is 18.1. The van der Waals surface area contributed by atoms with Crippen LogP contribution in [0.3, 0.4) is 0 Å². The molecule has 160 valence electrons. The summed E-state index contributed by atoms with van der Waals surface area (Å²) in [5, 5.41) is 3.88. The van der Waals surface area contributed by atoms with Gasteiger partial charge >= 0.3 is 0 Å². The predicted molar refractivity (Wildman–Crippen MR) is 122 cm³/mol. The van der Waals surface area contributed by atoms with Gasteiger partial charge in [0.05, 0.1) is 14.2 Å². The van der Waals surface area contributed by atoms with Crippen LogP contribution in [0.2, 0.25) is 0 Å². The van der Waals surface area contributed by atoms with Crippen molar-refractivity contribution in [1.29, 1.82) is 0 Å². The van der Waals surface area contributed by atoms with Crippen LogP contribution in [0.1, 0.15) is 47.1 Å². The number of hydrogen-bond acceptors (Lipinski definition) is 4. The first-order valence-electron chi connectivity index (χ1n) is 11.0. The lowest BCUT2D eigenvalue weighted by atomic mass is 10.1. The summed E-state index contributed by atoms with van der Waals surface area (Å²) >= 11 is 0. The van der Waals surface area contributed by atoms with Crippen LogP contribution in [0.5, 0.6) is 17.2 Å². The Morgan fingerprint density at radius 2 is 1.71 bits per heavy atom. The van der Waals surface area contributed by atoms with E-state index in [4.69, 9.17) is 14.2 Å². The first-order chi connectivity index (χ1) is 15.3. The molecular weight excluding hydrogens is 386 g/mol. The number of ether oxygens (including phenoxy) is 3. The van der Waals surface area contributed by atoms with Gasteiger partial charge in [0.25, 0.3) is 0 Å². The summed E-state index contributed by atoms with van der Waals surface area (Å²) in [4.78, 5) is 0. The van der Waals surface area contributed by atoms with Gasteiger partial charge in [-0.15, -0.1) is 0 Å². The van der Waals surface area contributed by atoms with Gasteiger partial charge in [0.2, 0.25) is 0 Å². The second-order valence-electron chi connectivity index (χ2n) is 8.42. The maximum atomic E-state index is 5.92. The van der Waals surface area contributed by atoms with Crippen molar-refractivity contribution < 1.29 is 14.2 Å². The third-order valence-corrected chi connectivity index (χ3v) is 6.51. The summed E-state index contributed by atoms with van der Waals surface area (Å²) in [5.41, 5.74) is 5.21. The van der Waals surface area contributed by atoms with E-state index in [1.54, 1.807) is 14.2 Å². The second-order valence-corrected chi connectivity index (χ2v) is 8.42. The van der Waals surface area contributed by atoms with Gasteiger partial charge in [0.15, 0.2) is 11.5 Å². The molecule has 0 amide bonds. The molecule has 2 aliphatic rings. The van der Waals surface area contributed by atoms with E-state index in [0.717, 1.165) is 30.1 Å². The zero-order chi connectivity index (χ0) is 21.2. The van der Waals surface area contributed by atoms with E-state index in [1.807, 2.05) is 24.3 Å². The summed E-state index contributed by atoms with van der Waals surface area (Å²) in [6.07, 6.45) is 3.32. The van der Waals surface area contributed by atoms with Crippen LogP contribution in [-0.2, 0) is 13.0 Å². The molecule has 2 aliphatic carbocycles. The number of fused-ring (bicyclic) bond motifs is 1. The maximum Gasteiger partial charge on any atom is 0.164 e. The molecule has 3 aromatic carbocycles. The molecule has 0 aromatic heterocycles. The molecule has 1 N–H and O–H groups in total. The van der Waals surface area contributed by atoms with E-state index in [1.165, 1.54) is 28.7 Å². The van der Waals surface area contributed by atoms with Crippen molar-refractivity contribution in [2.24, 2.45) is 0 Å². The van der Waals surface area contributed by atoms with Gasteiger partial charge in [-0.05, 0) is 54.2 Å². The molecule has 4 nitrogen and oxygen atoms in total. The van der Waals surface area contributed by atoms with Crippen molar-refractivity contribution in [1.82, 2.24) is 5.32 Å². The van der Waals surface area contributed by atoms with Crippen molar-refractivity contribution in [2.45, 2.75) is 43.9 Å². The fraction of sp³-hybridized carbons (Fsp3) is 0.333. The van der Waals surface area contributed by atoms with E-state index >= 15 is 0 Å². The Bertz CT molecular complexity index is 1030. The monoisotopic (exact) mass is 415 g/mol. The molecule has 0 bridgehead atoms. The molecule has 31 heavy (non-hydrogen) atoms. The summed E-state index contributed by atoms with van der Waals surface area (Å²) in [7, 11) is 3.42. The van der Waals surface area contributed by atoms with Crippen LogP contribution in [0.15, 0.2) is 66.7 Å². The highest BCUT2D eigenvalue weighted by atomic mass is 16.5. The van der Waals surface area contributed by atoms with Gasteiger partial charge in [-0.2, -0.15) is 0 Å². The number of benzene rings is 3. The smallest absolute Gasteiger partial charge is 0.164 e. The van der Waals surface area contributed by atoms with Crippen molar-refractivity contribution in [3.05, 3.63) is 89.0 Å². The Morgan fingerprint density at radius 3 is 2.45 bits per heavy atom. The minimum absolute atomic E-state index is 0.387. The summed E-state index contributed by atoms with van der Waals surface area (Å²) in [6, 6.07) is 24.0. The lowest BCUT2D eigenvalue weighted by Gasteiger charge is -2.16. The molecule has 0 heterocycles. The molecule has 0 aliphatic heterocycles. The highest BCUT2D eigenvalue weighted by Gasteiger charge is 2.41. The van der Waals surface area contributed by atoms with Crippen LogP contribution < -0.4 is 19.5 Å². The number of nitrogens with one attached hydrogen (secondary N) is 1. The molecule has 1 saturated carbocycles. The summed E-state index contributed by atoms with van der Waals surface area (Å²) in [5.74, 6) is 3.21. The van der Waals surface area contributed by atoms with E-state index in [-0.39, 0.29) is 0 Å². The first kappa shape index (κ1) is 20.0. The topological polar surface area (TPSA) is 39.7 Å². The largest absolute Gasteiger partial charge is 0.493 e. The molecular formula is C27H29NO3. The Hall–Kier alpha value is -2.98. The molecule has 4 heteroatoms. The van der Waals surface area contributed by atoms with Gasteiger partial charge in [0.1, 0.15) is 12.4 Å². The van der Waals surface area contributed by atoms with Crippen LogP contribution in [0.4, 0.5) is 0 Å². The minimum Gasteiger partial charge on any atom is -0.493 e. The SMILES string of the molecule is COc1ccc2c(c1OC)CCC2NC1CC1c1ccc(OCc2ccccc2)cc1. The molecule has 0 saturated heterocycles. The summed E-state index contributed by atoms with van der Waals surface area (Å²) < 4.78 is 17.0. The fourth-order valence-electron chi connectivity index (χ4n) is 4.77. The van der Waals surface area contributed by atoms with Crippen molar-refractivity contribution in [3.63, 3.8) is 0 Å². The van der Waals surface area contributed by atoms with E-state index in [9.17, 15) is 0 Å². The highest BCUT2D eigenvalue weighted by molar-refractivity contribution is 5.54. The van der Waals surface area contributed by atoms with Crippen LogP contribution in [0.25, 0.3) is 0 Å². The molecule has 1 fully saturated rings. The van der Waals surface area contributed by atoms with Crippen molar-refractivity contribution in [2.75, 3.05) is 14.2 Å². The number of methoxy groups -OCH3 is 2. The molecule has 0 spiro atoms. The normalized spacial score (nSPS) is 21.4. The lowest BCUT2D eigenvalue weighted by molar-refractivity contribution is 0.306. The van der Waals surface area contributed by atoms with Gasteiger partial charge in [-0.1, -0.05) is 48.5 Å². The maximum absolute atomic E-state index is 5.92. The number of hydrogen-bond donors (Lipinski definition) is 1. The van der Waals surface area contributed by atoms with Crippen LogP contribution in [-0.4, -0.2) is 20.3 Å². The Labute approximate surface area is 184 Å². The standard InChI is InChI=1S/C27H29NO3/c1-29-26-15-13-21-22(27(26)30-2)12-14-24(21)28-25-16-23(25)19-8-10-20(11-9-19)31-17-18-6-4-3-5-7-18/h3-11,13,15,23-25,28H,12,14,16-17H2,1-2H3. The van der Waals surface area contributed by atoms with Gasteiger partial charge in [0, 0.05) is 23.6 Å². The average Bonchev–Trinajstić information content (AvgIpc) is 3.48. The van der Waals surface area contributed by atoms with Crippen molar-refractivity contribution >= 4 is 0 Å². The quantitative estimate of drug-likeness (QED) is 0.534. The van der Waals surface area contributed by atoms with Gasteiger partial charge in [-0.25, -0.2) is 0 Å². The summed E-state index contributed by atoms with van der Waals surface area (Å²) in [6.45, 7) is 0.600. The van der Waals surface area contributed by atoms with E-state index in [0.29, 0.717) is 24.6 Å². The molecule has 3 atom stereocenters. The van der Waals surface area contributed by atoms with Crippen LogP contribution >= 0.6 is 0 Å². The van der Waals surface area contributed by atoms with E-state index in [2.05, 4.69) is 47.8 Å². The average molecular weight is 416 g/mol. The molecule has 3 unspecified atom stereocenters. The fourth-order valence-corrected chi connectivity index (χ4v) is 4.77. The van der Waals surface area contributed by atoms with E-state index < -0.39 is 0 Å². The minimum atomic E-state index is 0.387. The molecule has 5 rings (SSSR count). The number of rotatable bonds is 8. The first-order valence-corrected chi connectivity index (χ1v) is 11.0. The zero-order valence-corrected chi connectivity index (χ0v) is 18.1. The second kappa shape index (κ2) is 8.64. The van der Waals surface area contributed by atoms with Gasteiger partial charge in [-0.3, -0.25) is 0 Å². The highest BCUT2D eigenvalue weighted by Crippen LogP contribution is 2.46. The third-order valence-electron chi connectivity index (χ3n) is 6.51. The Kier molecular flexibility index (Phi) is 5.56.